The first-order valence-corrected chi connectivity index (χ1v) is 7.82. The van der Waals surface area contributed by atoms with Crippen molar-refractivity contribution in [2.24, 2.45) is 0 Å². The van der Waals surface area contributed by atoms with Gasteiger partial charge in [0.2, 0.25) is 0 Å². The molecule has 1 heterocycles. The highest BCUT2D eigenvalue weighted by Gasteiger charge is 2.38. The first-order chi connectivity index (χ1) is 10.8. The summed E-state index contributed by atoms with van der Waals surface area (Å²) in [6.45, 7) is 7.97. The van der Waals surface area contributed by atoms with Crippen LogP contribution in [0.5, 0.6) is 0 Å². The molecule has 0 aromatic heterocycles. The molecule has 1 aromatic carbocycles. The van der Waals surface area contributed by atoms with Gasteiger partial charge in [0.25, 0.3) is 5.91 Å². The second-order valence-corrected chi connectivity index (χ2v) is 6.42. The van der Waals surface area contributed by atoms with E-state index >= 15 is 0 Å². The van der Waals surface area contributed by atoms with Crippen molar-refractivity contribution in [3.63, 3.8) is 0 Å². The quantitative estimate of drug-likeness (QED) is 0.869. The highest BCUT2D eigenvalue weighted by Crippen LogP contribution is 2.31. The minimum Gasteiger partial charge on any atom is -0.444 e. The monoisotopic (exact) mass is 320 g/mol. The largest absolute Gasteiger partial charge is 0.444 e. The Morgan fingerprint density at radius 1 is 1.30 bits per heavy atom. The van der Waals surface area contributed by atoms with E-state index in [0.717, 1.165) is 11.1 Å². The average molecular weight is 320 g/mol. The number of benzene rings is 1. The fraction of sp³-hybridized carbons (Fsp3) is 0.529. The van der Waals surface area contributed by atoms with Gasteiger partial charge in [0, 0.05) is 6.54 Å². The van der Waals surface area contributed by atoms with Crippen molar-refractivity contribution in [3.8, 4) is 0 Å². The summed E-state index contributed by atoms with van der Waals surface area (Å²) < 4.78 is 5.44. The molecule has 6 nitrogen and oxygen atoms in total. The minimum absolute atomic E-state index is 0.354. The molecule has 6 heteroatoms. The van der Waals surface area contributed by atoms with Crippen molar-refractivity contribution in [2.75, 3.05) is 13.2 Å². The van der Waals surface area contributed by atoms with Crippen LogP contribution in [0.3, 0.4) is 0 Å². The highest BCUT2D eigenvalue weighted by atomic mass is 16.6. The maximum absolute atomic E-state index is 12.5. The van der Waals surface area contributed by atoms with Crippen molar-refractivity contribution in [3.05, 3.63) is 35.4 Å². The van der Waals surface area contributed by atoms with Gasteiger partial charge in [0.05, 0.1) is 6.61 Å². The van der Waals surface area contributed by atoms with Gasteiger partial charge < -0.3 is 4.74 Å². The highest BCUT2D eigenvalue weighted by molar-refractivity contribution is 5.87. The predicted octanol–water partition coefficient (Wildman–Crippen LogP) is 2.59. The molecule has 0 fully saturated rings. The van der Waals surface area contributed by atoms with E-state index in [9.17, 15) is 9.59 Å². The summed E-state index contributed by atoms with van der Waals surface area (Å²) in [6, 6.07) is 6.88. The molecule has 23 heavy (non-hydrogen) atoms. The van der Waals surface area contributed by atoms with Gasteiger partial charge in [-0.3, -0.25) is 14.5 Å². The Bertz CT molecular complexity index is 580. The maximum atomic E-state index is 12.5. The summed E-state index contributed by atoms with van der Waals surface area (Å²) in [6.07, 6.45) is 0.192. The van der Waals surface area contributed by atoms with Crippen LogP contribution in [0.4, 0.5) is 4.79 Å². The van der Waals surface area contributed by atoms with Crippen molar-refractivity contribution in [2.45, 2.75) is 45.8 Å². The van der Waals surface area contributed by atoms with Crippen LogP contribution < -0.4 is 5.48 Å². The lowest BCUT2D eigenvalue weighted by Gasteiger charge is -2.36. The average Bonchev–Trinajstić information content (AvgIpc) is 2.49. The van der Waals surface area contributed by atoms with Crippen LogP contribution in [0.2, 0.25) is 0 Å². The molecule has 1 atom stereocenters. The zero-order valence-electron chi connectivity index (χ0n) is 14.1. The van der Waals surface area contributed by atoms with Gasteiger partial charge >= 0.3 is 6.09 Å². The minimum atomic E-state index is -0.749. The number of hydrogen-bond acceptors (Lipinski definition) is 4. The fourth-order valence-electron chi connectivity index (χ4n) is 2.57. The molecular formula is C17H24N2O4. The van der Waals surface area contributed by atoms with Crippen molar-refractivity contribution in [1.29, 1.82) is 0 Å². The Balaban J connectivity index is 2.30. The Hall–Kier alpha value is -2.08. The molecule has 0 spiro atoms. The molecule has 2 rings (SSSR count). The second kappa shape index (κ2) is 7.00. The van der Waals surface area contributed by atoms with Crippen LogP contribution >= 0.6 is 0 Å². The number of nitrogens with one attached hydrogen (secondary N) is 1. The van der Waals surface area contributed by atoms with E-state index in [1.807, 2.05) is 24.3 Å². The summed E-state index contributed by atoms with van der Waals surface area (Å²) in [5.74, 6) is -0.371. The van der Waals surface area contributed by atoms with E-state index in [4.69, 9.17) is 9.57 Å². The number of ether oxygens (including phenoxy) is 1. The summed E-state index contributed by atoms with van der Waals surface area (Å²) in [4.78, 5) is 31.5. The first kappa shape index (κ1) is 17.3. The third kappa shape index (κ3) is 4.22. The Kier molecular flexibility index (Phi) is 5.26. The standard InChI is InChI=1S/C17H24N2O4/c1-5-22-18-15(20)14-13-9-7-6-8-12(13)10-11-19(14)16(21)23-17(2,3)4/h6-9,14H,5,10-11H2,1-4H3,(H,18,20). The number of amides is 2. The van der Waals surface area contributed by atoms with E-state index in [0.29, 0.717) is 19.6 Å². The van der Waals surface area contributed by atoms with E-state index in [-0.39, 0.29) is 5.91 Å². The fourth-order valence-corrected chi connectivity index (χ4v) is 2.57. The lowest BCUT2D eigenvalue weighted by atomic mass is 9.92. The van der Waals surface area contributed by atoms with Gasteiger partial charge in [0.15, 0.2) is 0 Å². The first-order valence-electron chi connectivity index (χ1n) is 7.82. The van der Waals surface area contributed by atoms with Crippen LogP contribution in [-0.2, 0) is 20.8 Å². The maximum Gasteiger partial charge on any atom is 0.411 e. The third-order valence-corrected chi connectivity index (χ3v) is 3.48. The number of nitrogens with zero attached hydrogens (tertiary/aromatic N) is 1. The molecule has 1 unspecified atom stereocenters. The SMILES string of the molecule is CCONC(=O)C1c2ccccc2CCN1C(=O)OC(C)(C)C. The molecule has 1 N–H and O–H groups in total. The molecule has 126 valence electrons. The summed E-state index contributed by atoms with van der Waals surface area (Å²) in [5.41, 5.74) is 3.65. The molecule has 1 aromatic rings. The topological polar surface area (TPSA) is 67.9 Å². The molecule has 0 saturated carbocycles. The summed E-state index contributed by atoms with van der Waals surface area (Å²) >= 11 is 0. The number of fused-ring (bicyclic) bond motifs is 1. The molecule has 0 saturated heterocycles. The van der Waals surface area contributed by atoms with Gasteiger partial charge in [-0.2, -0.15) is 0 Å². The molecule has 1 aliphatic heterocycles. The van der Waals surface area contributed by atoms with Crippen LogP contribution in [0.1, 0.15) is 44.9 Å². The molecule has 1 aliphatic rings. The number of hydroxylamine groups is 1. The van der Waals surface area contributed by atoms with Crippen molar-refractivity contribution in [1.82, 2.24) is 10.4 Å². The second-order valence-electron chi connectivity index (χ2n) is 6.42. The van der Waals surface area contributed by atoms with Gasteiger partial charge in [-0.1, -0.05) is 24.3 Å². The molecule has 0 aliphatic carbocycles. The summed E-state index contributed by atoms with van der Waals surface area (Å²) in [7, 11) is 0. The Morgan fingerprint density at radius 2 is 2.00 bits per heavy atom. The van der Waals surface area contributed by atoms with E-state index in [2.05, 4.69) is 5.48 Å². The predicted molar refractivity (Wildman–Crippen MR) is 85.6 cm³/mol. The van der Waals surface area contributed by atoms with E-state index < -0.39 is 17.7 Å². The zero-order chi connectivity index (χ0) is 17.0. The normalized spacial score (nSPS) is 17.4. The van der Waals surface area contributed by atoms with Crippen LogP contribution in [0, 0.1) is 0 Å². The van der Waals surface area contributed by atoms with Crippen LogP contribution in [0.25, 0.3) is 0 Å². The number of rotatable bonds is 3. The van der Waals surface area contributed by atoms with Crippen molar-refractivity contribution >= 4 is 12.0 Å². The molecule has 0 bridgehead atoms. The number of hydrogen-bond donors (Lipinski definition) is 1. The van der Waals surface area contributed by atoms with E-state index in [1.165, 1.54) is 4.90 Å². The molecule has 2 amide bonds. The zero-order valence-corrected chi connectivity index (χ0v) is 14.1. The van der Waals surface area contributed by atoms with Gasteiger partial charge in [-0.25, -0.2) is 10.3 Å². The Labute approximate surface area is 136 Å². The Morgan fingerprint density at radius 3 is 2.65 bits per heavy atom. The number of carbonyl (C=O) groups excluding carboxylic acids is 2. The van der Waals surface area contributed by atoms with Gasteiger partial charge in [-0.05, 0) is 45.2 Å². The van der Waals surface area contributed by atoms with E-state index in [1.54, 1.807) is 27.7 Å². The van der Waals surface area contributed by atoms with Crippen molar-refractivity contribution < 1.29 is 19.2 Å². The molecular weight excluding hydrogens is 296 g/mol. The van der Waals surface area contributed by atoms with Gasteiger partial charge in [-0.15, -0.1) is 0 Å². The van der Waals surface area contributed by atoms with Crippen LogP contribution in [0.15, 0.2) is 24.3 Å². The third-order valence-electron chi connectivity index (χ3n) is 3.48. The number of carbonyl (C=O) groups is 2. The lowest BCUT2D eigenvalue weighted by Crippen LogP contribution is -2.48. The summed E-state index contributed by atoms with van der Waals surface area (Å²) in [5, 5.41) is 0. The lowest BCUT2D eigenvalue weighted by molar-refractivity contribution is -0.139. The molecule has 0 radical (unpaired) electrons. The van der Waals surface area contributed by atoms with Gasteiger partial charge in [0.1, 0.15) is 11.6 Å². The van der Waals surface area contributed by atoms with Crippen LogP contribution in [-0.4, -0.2) is 35.7 Å². The smallest absolute Gasteiger partial charge is 0.411 e.